The van der Waals surface area contributed by atoms with Gasteiger partial charge in [0.15, 0.2) is 0 Å². The van der Waals surface area contributed by atoms with E-state index in [-0.39, 0.29) is 5.91 Å². The smallest absolute Gasteiger partial charge is 0.251 e. The second-order valence-corrected chi connectivity index (χ2v) is 5.46. The maximum Gasteiger partial charge on any atom is 0.251 e. The number of amides is 1. The zero-order valence-corrected chi connectivity index (χ0v) is 12.0. The van der Waals surface area contributed by atoms with Crippen molar-refractivity contribution in [2.45, 2.75) is 13.8 Å². The molecule has 0 aromatic heterocycles. The molecule has 0 unspecified atom stereocenters. The lowest BCUT2D eigenvalue weighted by molar-refractivity contribution is 0.0954. The molecule has 18 heavy (non-hydrogen) atoms. The van der Waals surface area contributed by atoms with Crippen molar-refractivity contribution in [1.29, 1.82) is 0 Å². The van der Waals surface area contributed by atoms with Crippen LogP contribution in [0.3, 0.4) is 0 Å². The third kappa shape index (κ3) is 6.07. The van der Waals surface area contributed by atoms with E-state index in [0.717, 1.165) is 30.2 Å². The fourth-order valence-electron chi connectivity index (χ4n) is 1.49. The van der Waals surface area contributed by atoms with Crippen molar-refractivity contribution in [1.82, 2.24) is 10.6 Å². The van der Waals surface area contributed by atoms with Crippen LogP contribution < -0.4 is 10.6 Å². The highest BCUT2D eigenvalue weighted by molar-refractivity contribution is 7.99. The summed E-state index contributed by atoms with van der Waals surface area (Å²) in [7, 11) is 0. The molecule has 0 aliphatic carbocycles. The Bertz CT molecular complexity index is 351. The Morgan fingerprint density at radius 2 is 1.89 bits per heavy atom. The minimum absolute atomic E-state index is 0.000247. The first-order valence-electron chi connectivity index (χ1n) is 6.37. The number of carbonyl (C=O) groups excluding carboxylic acids is 1. The van der Waals surface area contributed by atoms with Crippen LogP contribution in [0.5, 0.6) is 0 Å². The van der Waals surface area contributed by atoms with E-state index in [1.165, 1.54) is 5.56 Å². The molecule has 4 heteroatoms. The molecule has 0 heterocycles. The first-order valence-corrected chi connectivity index (χ1v) is 7.53. The van der Waals surface area contributed by atoms with Crippen LogP contribution in [0.4, 0.5) is 0 Å². The van der Waals surface area contributed by atoms with Crippen molar-refractivity contribution in [2.75, 3.05) is 31.1 Å². The Balaban J connectivity index is 2.12. The third-order valence-corrected chi connectivity index (χ3v) is 3.43. The van der Waals surface area contributed by atoms with Crippen LogP contribution in [0.25, 0.3) is 0 Å². The molecule has 2 N–H and O–H groups in total. The van der Waals surface area contributed by atoms with Gasteiger partial charge in [-0.05, 0) is 24.8 Å². The topological polar surface area (TPSA) is 41.1 Å². The van der Waals surface area contributed by atoms with Gasteiger partial charge in [0, 0.05) is 31.0 Å². The molecule has 1 aromatic rings. The van der Waals surface area contributed by atoms with Crippen LogP contribution in [0.15, 0.2) is 24.3 Å². The van der Waals surface area contributed by atoms with Gasteiger partial charge >= 0.3 is 0 Å². The van der Waals surface area contributed by atoms with Gasteiger partial charge < -0.3 is 10.6 Å². The molecule has 1 aromatic carbocycles. The van der Waals surface area contributed by atoms with Crippen LogP contribution in [-0.2, 0) is 0 Å². The standard InChI is InChI=1S/C14H22N2OS/c1-3-18-11-10-15-8-9-16-14(17)13-6-4-12(2)5-7-13/h4-7,15H,3,8-11H2,1-2H3,(H,16,17). The fourth-order valence-corrected chi connectivity index (χ4v) is 2.06. The lowest BCUT2D eigenvalue weighted by atomic mass is 10.1. The number of hydrogen-bond donors (Lipinski definition) is 2. The van der Waals surface area contributed by atoms with E-state index >= 15 is 0 Å². The number of rotatable bonds is 8. The largest absolute Gasteiger partial charge is 0.351 e. The van der Waals surface area contributed by atoms with Crippen molar-refractivity contribution in [2.24, 2.45) is 0 Å². The maximum absolute atomic E-state index is 11.7. The summed E-state index contributed by atoms with van der Waals surface area (Å²) >= 11 is 1.92. The summed E-state index contributed by atoms with van der Waals surface area (Å²) in [5.74, 6) is 2.29. The van der Waals surface area contributed by atoms with E-state index in [1.54, 1.807) is 0 Å². The van der Waals surface area contributed by atoms with Crippen molar-refractivity contribution in [3.8, 4) is 0 Å². The predicted octanol–water partition coefficient (Wildman–Crippen LogP) is 2.07. The van der Waals surface area contributed by atoms with Gasteiger partial charge in [-0.2, -0.15) is 11.8 Å². The Morgan fingerprint density at radius 1 is 1.17 bits per heavy atom. The van der Waals surface area contributed by atoms with Crippen molar-refractivity contribution in [3.05, 3.63) is 35.4 Å². The molecule has 0 aliphatic heterocycles. The average molecular weight is 266 g/mol. The first-order chi connectivity index (χ1) is 8.74. The van der Waals surface area contributed by atoms with Crippen molar-refractivity contribution >= 4 is 17.7 Å². The summed E-state index contributed by atoms with van der Waals surface area (Å²) in [6.07, 6.45) is 0. The van der Waals surface area contributed by atoms with Crippen LogP contribution in [-0.4, -0.2) is 37.0 Å². The number of carbonyl (C=O) groups is 1. The average Bonchev–Trinajstić information content (AvgIpc) is 2.38. The maximum atomic E-state index is 11.7. The zero-order chi connectivity index (χ0) is 13.2. The second-order valence-electron chi connectivity index (χ2n) is 4.07. The molecule has 100 valence electrons. The predicted molar refractivity (Wildman–Crippen MR) is 79.4 cm³/mol. The Labute approximate surface area is 114 Å². The second kappa shape index (κ2) is 9.00. The molecule has 0 saturated carbocycles. The third-order valence-electron chi connectivity index (χ3n) is 2.53. The van der Waals surface area contributed by atoms with Crippen LogP contribution >= 0.6 is 11.8 Å². The minimum Gasteiger partial charge on any atom is -0.351 e. The molecule has 0 radical (unpaired) electrons. The summed E-state index contributed by atoms with van der Waals surface area (Å²) in [4.78, 5) is 11.7. The summed E-state index contributed by atoms with van der Waals surface area (Å²) in [6.45, 7) is 6.66. The molecule has 0 saturated heterocycles. The molecular weight excluding hydrogens is 244 g/mol. The molecule has 0 bridgehead atoms. The van der Waals surface area contributed by atoms with E-state index in [1.807, 2.05) is 43.0 Å². The normalized spacial score (nSPS) is 10.3. The van der Waals surface area contributed by atoms with Gasteiger partial charge in [-0.3, -0.25) is 4.79 Å². The Kier molecular flexibility index (Phi) is 7.53. The number of hydrogen-bond acceptors (Lipinski definition) is 3. The summed E-state index contributed by atoms with van der Waals surface area (Å²) in [5.41, 5.74) is 1.89. The van der Waals surface area contributed by atoms with Gasteiger partial charge in [-0.1, -0.05) is 24.6 Å². The molecule has 3 nitrogen and oxygen atoms in total. The van der Waals surface area contributed by atoms with Crippen LogP contribution in [0.1, 0.15) is 22.8 Å². The molecule has 0 fully saturated rings. The fraction of sp³-hybridized carbons (Fsp3) is 0.500. The summed E-state index contributed by atoms with van der Waals surface area (Å²) < 4.78 is 0. The van der Waals surface area contributed by atoms with E-state index in [4.69, 9.17) is 0 Å². The highest BCUT2D eigenvalue weighted by atomic mass is 32.2. The molecular formula is C14H22N2OS. The van der Waals surface area contributed by atoms with Crippen LogP contribution in [0.2, 0.25) is 0 Å². The number of benzene rings is 1. The Morgan fingerprint density at radius 3 is 2.56 bits per heavy atom. The SMILES string of the molecule is CCSCCNCCNC(=O)c1ccc(C)cc1. The monoisotopic (exact) mass is 266 g/mol. The van der Waals surface area contributed by atoms with Gasteiger partial charge in [-0.15, -0.1) is 0 Å². The molecule has 1 rings (SSSR count). The van der Waals surface area contributed by atoms with E-state index in [2.05, 4.69) is 17.6 Å². The molecule has 0 aliphatic rings. The van der Waals surface area contributed by atoms with Crippen molar-refractivity contribution in [3.63, 3.8) is 0 Å². The first kappa shape index (κ1) is 15.1. The van der Waals surface area contributed by atoms with E-state index in [0.29, 0.717) is 6.54 Å². The molecule has 0 atom stereocenters. The zero-order valence-electron chi connectivity index (χ0n) is 11.2. The van der Waals surface area contributed by atoms with E-state index < -0.39 is 0 Å². The van der Waals surface area contributed by atoms with Crippen LogP contribution in [0, 0.1) is 6.92 Å². The van der Waals surface area contributed by atoms with Crippen molar-refractivity contribution < 1.29 is 4.79 Å². The lowest BCUT2D eigenvalue weighted by Crippen LogP contribution is -2.32. The van der Waals surface area contributed by atoms with Gasteiger partial charge in [0.25, 0.3) is 5.91 Å². The van der Waals surface area contributed by atoms with Gasteiger partial charge in [0.05, 0.1) is 0 Å². The number of aryl methyl sites for hydroxylation is 1. The molecule has 1 amide bonds. The van der Waals surface area contributed by atoms with Gasteiger partial charge in [0.2, 0.25) is 0 Å². The highest BCUT2D eigenvalue weighted by Gasteiger charge is 2.02. The highest BCUT2D eigenvalue weighted by Crippen LogP contribution is 2.02. The quantitative estimate of drug-likeness (QED) is 0.708. The molecule has 0 spiro atoms. The summed E-state index contributed by atoms with van der Waals surface area (Å²) in [5, 5.41) is 6.20. The summed E-state index contributed by atoms with van der Waals surface area (Å²) in [6, 6.07) is 7.62. The van der Waals surface area contributed by atoms with Gasteiger partial charge in [-0.25, -0.2) is 0 Å². The number of thioether (sulfide) groups is 1. The van der Waals surface area contributed by atoms with Gasteiger partial charge in [0.1, 0.15) is 0 Å². The Hall–Kier alpha value is -1.00. The minimum atomic E-state index is -0.000247. The number of nitrogens with one attached hydrogen (secondary N) is 2. The lowest BCUT2D eigenvalue weighted by Gasteiger charge is -2.06. The van der Waals surface area contributed by atoms with E-state index in [9.17, 15) is 4.79 Å².